The monoisotopic (exact) mass is 519 g/mol. The fourth-order valence-corrected chi connectivity index (χ4v) is 7.01. The lowest BCUT2D eigenvalue weighted by molar-refractivity contribution is -0.120. The molecule has 0 radical (unpaired) electrons. The van der Waals surface area contributed by atoms with Gasteiger partial charge in [-0.2, -0.15) is 0 Å². The number of hydrogen-bond donors (Lipinski definition) is 3. The fraction of sp³-hybridized carbons (Fsp3) is 0.435. The summed E-state index contributed by atoms with van der Waals surface area (Å²) in [7, 11) is -4.05. The van der Waals surface area contributed by atoms with Gasteiger partial charge in [-0.15, -0.1) is 0 Å². The first-order valence-electron chi connectivity index (χ1n) is 10.7. The molecule has 1 unspecified atom stereocenters. The number of sulfone groups is 1. The van der Waals surface area contributed by atoms with E-state index in [1.54, 1.807) is 13.8 Å². The van der Waals surface area contributed by atoms with Crippen LogP contribution in [0.4, 0.5) is 18.9 Å². The molecular weight excluding hydrogens is 495 g/mol. The Morgan fingerprint density at radius 2 is 1.79 bits per heavy atom. The maximum atomic E-state index is 13.5. The van der Waals surface area contributed by atoms with Gasteiger partial charge in [0.25, 0.3) is 5.91 Å². The van der Waals surface area contributed by atoms with Crippen molar-refractivity contribution in [1.82, 2.24) is 0 Å². The maximum Gasteiger partial charge on any atom is 0.255 e. The van der Waals surface area contributed by atoms with Gasteiger partial charge in [-0.3, -0.25) is 4.79 Å². The minimum atomic E-state index is -4.05. The summed E-state index contributed by atoms with van der Waals surface area (Å²) in [6, 6.07) is 4.74. The molecule has 6 nitrogen and oxygen atoms in total. The number of amides is 1. The van der Waals surface area contributed by atoms with Gasteiger partial charge in [-0.05, 0) is 42.9 Å². The molecule has 0 bridgehead atoms. The van der Waals surface area contributed by atoms with E-state index in [2.05, 4.69) is 5.32 Å². The summed E-state index contributed by atoms with van der Waals surface area (Å²) in [5, 5.41) is 21.7. The number of carbonyl (C=O) groups excluding carboxylic acids is 1. The molecule has 2 aromatic carbocycles. The van der Waals surface area contributed by atoms with E-state index in [1.165, 1.54) is 12.1 Å². The van der Waals surface area contributed by atoms with Crippen LogP contribution in [0.1, 0.15) is 43.5 Å². The molecule has 3 rings (SSSR count). The highest BCUT2D eigenvalue weighted by molar-refractivity contribution is 7.92. The number of rotatable bonds is 6. The SMILES string of the molecule is CCC1C[C@@H](S(=O)(=O)c2cc(C(=O)Nc3cc(F)c(F)c(F)c3)ccc2Cl)C[C@H](C)[C@@]1(O)CO. The smallest absolute Gasteiger partial charge is 0.255 e. The Labute approximate surface area is 200 Å². The van der Waals surface area contributed by atoms with Crippen LogP contribution in [-0.4, -0.2) is 42.0 Å². The molecule has 1 fully saturated rings. The number of aliphatic hydroxyl groups is 2. The van der Waals surface area contributed by atoms with E-state index in [1.807, 2.05) is 0 Å². The second-order valence-corrected chi connectivity index (χ2v) is 11.3. The minimum Gasteiger partial charge on any atom is -0.393 e. The van der Waals surface area contributed by atoms with E-state index in [-0.39, 0.29) is 34.0 Å². The summed E-state index contributed by atoms with van der Waals surface area (Å²) in [4.78, 5) is 12.3. The summed E-state index contributed by atoms with van der Waals surface area (Å²) < 4.78 is 67.0. The molecule has 0 heterocycles. The Hall–Kier alpha value is -2.14. The Morgan fingerprint density at radius 3 is 2.35 bits per heavy atom. The van der Waals surface area contributed by atoms with Crippen LogP contribution >= 0.6 is 11.6 Å². The molecule has 2 aromatic rings. The molecule has 0 aliphatic heterocycles. The third kappa shape index (κ3) is 4.82. The first-order valence-corrected chi connectivity index (χ1v) is 12.6. The lowest BCUT2D eigenvalue weighted by Crippen LogP contribution is -2.54. The van der Waals surface area contributed by atoms with Crippen molar-refractivity contribution in [3.05, 3.63) is 58.4 Å². The molecule has 186 valence electrons. The molecule has 0 spiro atoms. The van der Waals surface area contributed by atoms with E-state index < -0.39 is 62.5 Å². The molecule has 4 atom stereocenters. The fourth-order valence-electron chi connectivity index (χ4n) is 4.55. The number of benzene rings is 2. The topological polar surface area (TPSA) is 104 Å². The average molecular weight is 520 g/mol. The molecule has 1 aliphatic carbocycles. The predicted octanol–water partition coefficient (Wildman–Crippen LogP) is 4.33. The van der Waals surface area contributed by atoms with Crippen molar-refractivity contribution in [2.24, 2.45) is 11.8 Å². The third-order valence-electron chi connectivity index (χ3n) is 6.65. The molecule has 0 saturated heterocycles. The van der Waals surface area contributed by atoms with Gasteiger partial charge < -0.3 is 15.5 Å². The Balaban J connectivity index is 1.91. The van der Waals surface area contributed by atoms with Crippen molar-refractivity contribution in [2.45, 2.75) is 48.9 Å². The van der Waals surface area contributed by atoms with Crippen molar-refractivity contribution < 1.29 is 36.6 Å². The number of hydrogen-bond acceptors (Lipinski definition) is 5. The second kappa shape index (κ2) is 9.85. The van der Waals surface area contributed by atoms with Gasteiger partial charge in [0, 0.05) is 23.4 Å². The van der Waals surface area contributed by atoms with Crippen molar-refractivity contribution in [1.29, 1.82) is 0 Å². The summed E-state index contributed by atoms with van der Waals surface area (Å²) in [6.07, 6.45) is 0.631. The summed E-state index contributed by atoms with van der Waals surface area (Å²) >= 11 is 6.17. The molecule has 1 aliphatic rings. The highest BCUT2D eigenvalue weighted by Crippen LogP contribution is 2.44. The van der Waals surface area contributed by atoms with Crippen molar-refractivity contribution >= 4 is 33.0 Å². The van der Waals surface area contributed by atoms with Crippen LogP contribution in [0.3, 0.4) is 0 Å². The van der Waals surface area contributed by atoms with Gasteiger partial charge >= 0.3 is 0 Å². The zero-order chi connectivity index (χ0) is 25.4. The zero-order valence-electron chi connectivity index (χ0n) is 18.5. The molecular formula is C23H25ClF3NO5S. The van der Waals surface area contributed by atoms with E-state index in [0.29, 0.717) is 18.6 Å². The molecule has 0 aromatic heterocycles. The van der Waals surface area contributed by atoms with Crippen LogP contribution in [0.15, 0.2) is 35.2 Å². The van der Waals surface area contributed by atoms with Gasteiger partial charge in [-0.25, -0.2) is 21.6 Å². The molecule has 1 amide bonds. The van der Waals surface area contributed by atoms with E-state index in [0.717, 1.165) is 6.07 Å². The quantitative estimate of drug-likeness (QED) is 0.493. The van der Waals surface area contributed by atoms with E-state index >= 15 is 0 Å². The van der Waals surface area contributed by atoms with Crippen LogP contribution in [-0.2, 0) is 9.84 Å². The number of halogens is 4. The highest BCUT2D eigenvalue weighted by atomic mass is 35.5. The lowest BCUT2D eigenvalue weighted by Gasteiger charge is -2.46. The van der Waals surface area contributed by atoms with Crippen LogP contribution in [0.5, 0.6) is 0 Å². The third-order valence-corrected chi connectivity index (χ3v) is 9.31. The molecule has 1 saturated carbocycles. The number of anilines is 1. The highest BCUT2D eigenvalue weighted by Gasteiger charge is 2.49. The molecule has 3 N–H and O–H groups in total. The largest absolute Gasteiger partial charge is 0.393 e. The number of carbonyl (C=O) groups is 1. The number of aliphatic hydroxyl groups excluding tert-OH is 1. The number of nitrogens with one attached hydrogen (secondary N) is 1. The predicted molar refractivity (Wildman–Crippen MR) is 121 cm³/mol. The van der Waals surface area contributed by atoms with Gasteiger partial charge in [-0.1, -0.05) is 31.9 Å². The van der Waals surface area contributed by atoms with Crippen LogP contribution in [0.2, 0.25) is 5.02 Å². The lowest BCUT2D eigenvalue weighted by atomic mass is 9.68. The molecule has 11 heteroatoms. The Bertz CT molecular complexity index is 1190. The standard InChI is InChI=1S/C23H25ClF3NO5S/c1-3-14-8-16(6-12(2)23(14,31)11-29)34(32,33)20-7-13(4-5-17(20)24)22(30)28-15-9-18(25)21(27)19(26)10-15/h4-5,7,9-10,12,14,16,29,31H,3,6,8,11H2,1-2H3,(H,28,30)/t12-,14?,16-,23-/m0/s1. The van der Waals surface area contributed by atoms with Gasteiger partial charge in [0.2, 0.25) is 0 Å². The van der Waals surface area contributed by atoms with Gasteiger partial charge in [0.15, 0.2) is 27.3 Å². The zero-order valence-corrected chi connectivity index (χ0v) is 20.1. The van der Waals surface area contributed by atoms with Crippen LogP contribution < -0.4 is 5.32 Å². The first-order chi connectivity index (χ1) is 15.8. The van der Waals surface area contributed by atoms with Gasteiger partial charge in [0.1, 0.15) is 0 Å². The molecule has 34 heavy (non-hydrogen) atoms. The second-order valence-electron chi connectivity index (χ2n) is 8.65. The normalized spacial score (nSPS) is 25.2. The van der Waals surface area contributed by atoms with E-state index in [4.69, 9.17) is 11.6 Å². The Morgan fingerprint density at radius 1 is 1.18 bits per heavy atom. The maximum absolute atomic E-state index is 13.5. The first kappa shape index (κ1) is 26.5. The average Bonchev–Trinajstić information content (AvgIpc) is 2.78. The summed E-state index contributed by atoms with van der Waals surface area (Å²) in [5.41, 5.74) is -1.89. The van der Waals surface area contributed by atoms with Crippen LogP contribution in [0.25, 0.3) is 0 Å². The van der Waals surface area contributed by atoms with Gasteiger partial charge in [0.05, 0.1) is 27.4 Å². The summed E-state index contributed by atoms with van der Waals surface area (Å²) in [5.74, 6) is -6.52. The van der Waals surface area contributed by atoms with Crippen LogP contribution in [0, 0.1) is 29.3 Å². The Kier molecular flexibility index (Phi) is 7.66. The van der Waals surface area contributed by atoms with Crippen molar-refractivity contribution in [2.75, 3.05) is 11.9 Å². The van der Waals surface area contributed by atoms with Crippen molar-refractivity contribution in [3.63, 3.8) is 0 Å². The van der Waals surface area contributed by atoms with E-state index in [9.17, 15) is 36.6 Å². The summed E-state index contributed by atoms with van der Waals surface area (Å²) in [6.45, 7) is 2.99. The van der Waals surface area contributed by atoms with Crippen molar-refractivity contribution in [3.8, 4) is 0 Å². The minimum absolute atomic E-state index is 0.0801.